The van der Waals surface area contributed by atoms with E-state index < -0.39 is 17.9 Å². The average Bonchev–Trinajstić information content (AvgIpc) is 2.61. The molecule has 70 valence electrons. The lowest BCUT2D eigenvalue weighted by Crippen LogP contribution is -2.01. The van der Waals surface area contributed by atoms with Gasteiger partial charge >= 0.3 is 0 Å². The van der Waals surface area contributed by atoms with Crippen molar-refractivity contribution in [3.8, 4) is 0 Å². The quantitative estimate of drug-likeness (QED) is 0.667. The normalized spacial score (nSPS) is 18.0. The van der Waals surface area contributed by atoms with Gasteiger partial charge < -0.3 is 9.47 Å². The Hall–Kier alpha value is -1.00. The molecule has 0 spiro atoms. The number of halogens is 2. The molecule has 0 amide bonds. The number of hydrogen-bond acceptors (Lipinski definition) is 2. The molecular weight excluding hydrogens is 178 g/mol. The highest BCUT2D eigenvalue weighted by atomic mass is 19.1. The molecule has 1 aliphatic rings. The predicted octanol–water partition coefficient (Wildman–Crippen LogP) is 2.01. The van der Waals surface area contributed by atoms with Crippen molar-refractivity contribution in [1.82, 2.24) is 0 Å². The lowest BCUT2D eigenvalue weighted by atomic mass is 10.2. The minimum Gasteiger partial charge on any atom is -0.346 e. The first-order chi connectivity index (χ1) is 6.27. The van der Waals surface area contributed by atoms with Gasteiger partial charge in [-0.1, -0.05) is 0 Å². The standard InChI is InChI=1S/C9H8F2O2/c10-6-1-2-8(11)7(5-6)9-12-3-4-13-9/h1-2,5,9H,3-4H2. The highest BCUT2D eigenvalue weighted by molar-refractivity contribution is 5.20. The molecule has 0 aromatic heterocycles. The second-order valence-electron chi connectivity index (χ2n) is 2.74. The Bertz CT molecular complexity index is 308. The molecule has 1 fully saturated rings. The zero-order chi connectivity index (χ0) is 9.26. The van der Waals surface area contributed by atoms with Crippen LogP contribution in [0.2, 0.25) is 0 Å². The van der Waals surface area contributed by atoms with E-state index in [1.54, 1.807) is 0 Å². The Morgan fingerprint density at radius 1 is 1.15 bits per heavy atom. The van der Waals surface area contributed by atoms with Crippen molar-refractivity contribution < 1.29 is 18.3 Å². The topological polar surface area (TPSA) is 18.5 Å². The van der Waals surface area contributed by atoms with Gasteiger partial charge in [-0.05, 0) is 18.2 Å². The lowest BCUT2D eigenvalue weighted by molar-refractivity contribution is -0.0466. The third-order valence-corrected chi connectivity index (χ3v) is 1.83. The SMILES string of the molecule is Fc1ccc(F)c(C2OCCO2)c1. The van der Waals surface area contributed by atoms with Crippen molar-refractivity contribution in [1.29, 1.82) is 0 Å². The van der Waals surface area contributed by atoms with Crippen molar-refractivity contribution in [2.75, 3.05) is 13.2 Å². The van der Waals surface area contributed by atoms with Crippen LogP contribution < -0.4 is 0 Å². The number of ether oxygens (including phenoxy) is 2. The molecule has 4 heteroatoms. The molecule has 13 heavy (non-hydrogen) atoms. The van der Waals surface area contributed by atoms with Crippen LogP contribution in [0.5, 0.6) is 0 Å². The third-order valence-electron chi connectivity index (χ3n) is 1.83. The summed E-state index contributed by atoms with van der Waals surface area (Å²) in [5, 5.41) is 0. The smallest absolute Gasteiger partial charge is 0.186 e. The van der Waals surface area contributed by atoms with Gasteiger partial charge in [-0.25, -0.2) is 8.78 Å². The Labute approximate surface area is 74.1 Å². The van der Waals surface area contributed by atoms with Gasteiger partial charge in [-0.15, -0.1) is 0 Å². The van der Waals surface area contributed by atoms with E-state index in [9.17, 15) is 8.78 Å². The van der Waals surface area contributed by atoms with Gasteiger partial charge in [0.05, 0.1) is 13.2 Å². The number of benzene rings is 1. The maximum absolute atomic E-state index is 13.1. The van der Waals surface area contributed by atoms with Gasteiger partial charge in [0, 0.05) is 5.56 Å². The summed E-state index contributed by atoms with van der Waals surface area (Å²) in [6, 6.07) is 3.22. The maximum Gasteiger partial charge on any atom is 0.186 e. The first-order valence-corrected chi connectivity index (χ1v) is 3.95. The van der Waals surface area contributed by atoms with Crippen molar-refractivity contribution in [3.05, 3.63) is 35.4 Å². The molecule has 0 saturated carbocycles. The predicted molar refractivity (Wildman–Crippen MR) is 41.0 cm³/mol. The summed E-state index contributed by atoms with van der Waals surface area (Å²) >= 11 is 0. The summed E-state index contributed by atoms with van der Waals surface area (Å²) in [6.45, 7) is 0.835. The summed E-state index contributed by atoms with van der Waals surface area (Å²) in [6.07, 6.45) is -0.754. The van der Waals surface area contributed by atoms with Crippen molar-refractivity contribution in [3.63, 3.8) is 0 Å². The minimum atomic E-state index is -0.754. The van der Waals surface area contributed by atoms with Crippen LogP contribution in [0.3, 0.4) is 0 Å². The molecule has 1 aromatic carbocycles. The van der Waals surface area contributed by atoms with Crippen LogP contribution in [0.15, 0.2) is 18.2 Å². The van der Waals surface area contributed by atoms with Crippen LogP contribution >= 0.6 is 0 Å². The first-order valence-electron chi connectivity index (χ1n) is 3.95. The molecule has 0 bridgehead atoms. The largest absolute Gasteiger partial charge is 0.346 e. The van der Waals surface area contributed by atoms with Crippen LogP contribution in [0.4, 0.5) is 8.78 Å². The second kappa shape index (κ2) is 3.40. The lowest BCUT2D eigenvalue weighted by Gasteiger charge is -2.09. The molecule has 0 radical (unpaired) electrons. The zero-order valence-corrected chi connectivity index (χ0v) is 6.80. The summed E-state index contributed by atoms with van der Waals surface area (Å²) in [5.41, 5.74) is 0.123. The van der Waals surface area contributed by atoms with E-state index >= 15 is 0 Å². The van der Waals surface area contributed by atoms with E-state index in [0.29, 0.717) is 13.2 Å². The monoisotopic (exact) mass is 186 g/mol. The van der Waals surface area contributed by atoms with E-state index in [1.165, 1.54) is 0 Å². The maximum atomic E-state index is 13.1. The highest BCUT2D eigenvalue weighted by Crippen LogP contribution is 2.25. The van der Waals surface area contributed by atoms with Gasteiger partial charge in [0.2, 0.25) is 0 Å². The van der Waals surface area contributed by atoms with E-state index in [1.807, 2.05) is 0 Å². The Kier molecular flexibility index (Phi) is 2.24. The molecule has 2 rings (SSSR count). The molecular formula is C9H8F2O2. The molecule has 2 nitrogen and oxygen atoms in total. The van der Waals surface area contributed by atoms with Crippen molar-refractivity contribution in [2.24, 2.45) is 0 Å². The van der Waals surface area contributed by atoms with Crippen LogP contribution in [-0.4, -0.2) is 13.2 Å². The van der Waals surface area contributed by atoms with Gasteiger partial charge in [-0.2, -0.15) is 0 Å². The molecule has 0 unspecified atom stereocenters. The summed E-state index contributed by atoms with van der Waals surface area (Å²) in [5.74, 6) is -0.996. The van der Waals surface area contributed by atoms with Crippen LogP contribution in [0, 0.1) is 11.6 Å². The molecule has 1 heterocycles. The minimum absolute atomic E-state index is 0.123. The third kappa shape index (κ3) is 1.68. The van der Waals surface area contributed by atoms with E-state index in [0.717, 1.165) is 18.2 Å². The average molecular weight is 186 g/mol. The Balaban J connectivity index is 2.32. The molecule has 1 aromatic rings. The van der Waals surface area contributed by atoms with E-state index in [4.69, 9.17) is 9.47 Å². The van der Waals surface area contributed by atoms with Crippen LogP contribution in [0.25, 0.3) is 0 Å². The van der Waals surface area contributed by atoms with Gasteiger partial charge in [0.25, 0.3) is 0 Å². The number of rotatable bonds is 1. The fourth-order valence-electron chi connectivity index (χ4n) is 1.23. The van der Waals surface area contributed by atoms with Crippen molar-refractivity contribution >= 4 is 0 Å². The summed E-state index contributed by atoms with van der Waals surface area (Å²) < 4.78 is 35.9. The molecule has 1 aliphatic heterocycles. The zero-order valence-electron chi connectivity index (χ0n) is 6.80. The highest BCUT2D eigenvalue weighted by Gasteiger charge is 2.21. The second-order valence-corrected chi connectivity index (χ2v) is 2.74. The molecule has 0 aliphatic carbocycles. The van der Waals surface area contributed by atoms with Gasteiger partial charge in [0.15, 0.2) is 6.29 Å². The summed E-state index contributed by atoms with van der Waals surface area (Å²) in [7, 11) is 0. The van der Waals surface area contributed by atoms with E-state index in [2.05, 4.69) is 0 Å². The molecule has 1 saturated heterocycles. The molecule has 0 atom stereocenters. The van der Waals surface area contributed by atoms with Gasteiger partial charge in [-0.3, -0.25) is 0 Å². The van der Waals surface area contributed by atoms with Crippen LogP contribution in [-0.2, 0) is 9.47 Å². The summed E-state index contributed by atoms with van der Waals surface area (Å²) in [4.78, 5) is 0. The molecule has 0 N–H and O–H groups in total. The van der Waals surface area contributed by atoms with Crippen molar-refractivity contribution in [2.45, 2.75) is 6.29 Å². The fraction of sp³-hybridized carbons (Fsp3) is 0.333. The number of hydrogen-bond donors (Lipinski definition) is 0. The van der Waals surface area contributed by atoms with Gasteiger partial charge in [0.1, 0.15) is 11.6 Å². The van der Waals surface area contributed by atoms with Crippen LogP contribution in [0.1, 0.15) is 11.9 Å². The Morgan fingerprint density at radius 3 is 2.54 bits per heavy atom. The Morgan fingerprint density at radius 2 is 1.85 bits per heavy atom. The first kappa shape index (κ1) is 8.59. The fourth-order valence-corrected chi connectivity index (χ4v) is 1.23. The van der Waals surface area contributed by atoms with E-state index in [-0.39, 0.29) is 5.56 Å².